The van der Waals surface area contributed by atoms with Crippen molar-refractivity contribution in [1.82, 2.24) is 4.57 Å². The van der Waals surface area contributed by atoms with E-state index in [1.807, 2.05) is 0 Å². The number of rotatable bonds is 4. The first-order valence-electron chi connectivity index (χ1n) is 20.7. The van der Waals surface area contributed by atoms with Crippen molar-refractivity contribution in [1.29, 1.82) is 0 Å². The maximum atomic E-state index is 6.74. The molecule has 0 atom stereocenters. The van der Waals surface area contributed by atoms with Gasteiger partial charge in [-0.25, -0.2) is 0 Å². The number of nitrogens with zero attached hydrogens (tertiary/aromatic N) is 2. The van der Waals surface area contributed by atoms with Crippen molar-refractivity contribution in [2.45, 2.75) is 5.41 Å². The highest BCUT2D eigenvalue weighted by atomic mass is 16.5. The molecule has 280 valence electrons. The van der Waals surface area contributed by atoms with Gasteiger partial charge in [0.05, 0.1) is 16.4 Å². The third kappa shape index (κ3) is 4.54. The molecule has 0 amide bonds. The zero-order chi connectivity index (χ0) is 39.4. The van der Waals surface area contributed by atoms with Crippen molar-refractivity contribution >= 4 is 60.4 Å². The Hall–Kier alpha value is -7.88. The molecule has 0 saturated carbocycles. The lowest BCUT2D eigenvalue weighted by Gasteiger charge is -2.45. The summed E-state index contributed by atoms with van der Waals surface area (Å²) in [6, 6.07) is 79.9. The first-order chi connectivity index (χ1) is 29.8. The van der Waals surface area contributed by atoms with E-state index in [0.717, 1.165) is 45.4 Å². The van der Waals surface area contributed by atoms with Crippen LogP contribution >= 0.6 is 0 Å². The highest BCUT2D eigenvalue weighted by molar-refractivity contribution is 6.11. The van der Waals surface area contributed by atoms with Crippen molar-refractivity contribution in [2.75, 3.05) is 4.90 Å². The fourth-order valence-corrected chi connectivity index (χ4v) is 10.5. The van der Waals surface area contributed by atoms with Crippen LogP contribution in [0, 0.1) is 0 Å². The number of anilines is 3. The first kappa shape index (κ1) is 33.1. The van der Waals surface area contributed by atoms with Crippen LogP contribution in [-0.2, 0) is 5.41 Å². The Bertz CT molecular complexity index is 3490. The first-order valence-corrected chi connectivity index (χ1v) is 20.7. The van der Waals surface area contributed by atoms with Gasteiger partial charge in [0.1, 0.15) is 11.5 Å². The summed E-state index contributed by atoms with van der Waals surface area (Å²) in [4.78, 5) is 2.42. The lowest BCUT2D eigenvalue weighted by atomic mass is 9.58. The molecule has 1 aliphatic heterocycles. The minimum Gasteiger partial charge on any atom is -0.457 e. The van der Waals surface area contributed by atoms with Crippen LogP contribution in [0.4, 0.5) is 17.1 Å². The molecule has 0 unspecified atom stereocenters. The number of ether oxygens (including phenoxy) is 1. The number of aromatic nitrogens is 1. The second-order valence-corrected chi connectivity index (χ2v) is 16.0. The molecule has 10 aromatic carbocycles. The predicted octanol–water partition coefficient (Wildman–Crippen LogP) is 15.0. The minimum absolute atomic E-state index is 0.635. The van der Waals surface area contributed by atoms with Crippen molar-refractivity contribution in [2.24, 2.45) is 0 Å². The molecule has 2 aliphatic rings. The summed E-state index contributed by atoms with van der Waals surface area (Å²) in [6.07, 6.45) is 0. The fraction of sp³-hybridized carbons (Fsp3) is 0.0175. The van der Waals surface area contributed by atoms with Crippen LogP contribution in [0.15, 0.2) is 218 Å². The highest BCUT2D eigenvalue weighted by Gasteiger charge is 2.49. The maximum absolute atomic E-state index is 6.74. The monoisotopic (exact) mass is 764 g/mol. The van der Waals surface area contributed by atoms with Crippen LogP contribution in [-0.4, -0.2) is 4.57 Å². The second-order valence-electron chi connectivity index (χ2n) is 16.0. The molecule has 0 saturated heterocycles. The Morgan fingerprint density at radius 1 is 0.367 bits per heavy atom. The molecule has 13 rings (SSSR count). The molecule has 3 nitrogen and oxygen atoms in total. The Labute approximate surface area is 347 Å². The minimum atomic E-state index is -0.635. The predicted molar refractivity (Wildman–Crippen MR) is 248 cm³/mol. The van der Waals surface area contributed by atoms with Crippen LogP contribution in [0.25, 0.3) is 60.2 Å². The van der Waals surface area contributed by atoms with Crippen LogP contribution in [0.1, 0.15) is 22.3 Å². The number of para-hydroxylation sites is 4. The molecule has 1 aliphatic carbocycles. The Kier molecular flexibility index (Phi) is 6.93. The zero-order valence-electron chi connectivity index (χ0n) is 32.6. The molecule has 0 bridgehead atoms. The number of hydrogen-bond donors (Lipinski definition) is 0. The number of hydrogen-bond acceptors (Lipinski definition) is 2. The summed E-state index contributed by atoms with van der Waals surface area (Å²) < 4.78 is 9.15. The second kappa shape index (κ2) is 12.6. The van der Waals surface area contributed by atoms with Crippen molar-refractivity contribution < 1.29 is 4.74 Å². The third-order valence-corrected chi connectivity index (χ3v) is 13.0. The van der Waals surface area contributed by atoms with E-state index in [4.69, 9.17) is 4.74 Å². The van der Waals surface area contributed by atoms with E-state index >= 15 is 0 Å². The van der Waals surface area contributed by atoms with Gasteiger partial charge in [0.15, 0.2) is 0 Å². The summed E-state index contributed by atoms with van der Waals surface area (Å²) in [6.45, 7) is 0. The van der Waals surface area contributed by atoms with Gasteiger partial charge in [0.25, 0.3) is 0 Å². The van der Waals surface area contributed by atoms with Gasteiger partial charge in [-0.1, -0.05) is 146 Å². The van der Waals surface area contributed by atoms with E-state index in [-0.39, 0.29) is 0 Å². The van der Waals surface area contributed by atoms with E-state index in [9.17, 15) is 0 Å². The van der Waals surface area contributed by atoms with E-state index < -0.39 is 5.41 Å². The number of fused-ring (bicyclic) bond motifs is 12. The van der Waals surface area contributed by atoms with Crippen LogP contribution in [0.5, 0.6) is 11.5 Å². The molecule has 3 heteroatoms. The summed E-state index contributed by atoms with van der Waals surface area (Å²) in [7, 11) is 0. The van der Waals surface area contributed by atoms with Crippen LogP contribution in [0.2, 0.25) is 0 Å². The Morgan fingerprint density at radius 3 is 1.83 bits per heavy atom. The van der Waals surface area contributed by atoms with E-state index in [1.54, 1.807) is 0 Å². The molecule has 1 spiro atoms. The average molecular weight is 765 g/mol. The summed E-state index contributed by atoms with van der Waals surface area (Å²) >= 11 is 0. The summed E-state index contributed by atoms with van der Waals surface area (Å²) in [5.74, 6) is 1.77. The van der Waals surface area contributed by atoms with Gasteiger partial charge in [-0.2, -0.15) is 0 Å². The average Bonchev–Trinajstić information content (AvgIpc) is 3.64. The van der Waals surface area contributed by atoms with Crippen molar-refractivity contribution in [3.63, 3.8) is 0 Å². The van der Waals surface area contributed by atoms with Gasteiger partial charge in [0, 0.05) is 44.6 Å². The molecular weight excluding hydrogens is 729 g/mol. The van der Waals surface area contributed by atoms with Gasteiger partial charge in [-0.15, -0.1) is 0 Å². The van der Waals surface area contributed by atoms with Gasteiger partial charge in [-0.3, -0.25) is 0 Å². The molecule has 0 N–H and O–H groups in total. The van der Waals surface area contributed by atoms with Crippen LogP contribution in [0.3, 0.4) is 0 Å². The Balaban J connectivity index is 1.08. The van der Waals surface area contributed by atoms with Gasteiger partial charge in [-0.05, 0) is 117 Å². The molecule has 2 heterocycles. The van der Waals surface area contributed by atoms with Crippen LogP contribution < -0.4 is 9.64 Å². The molecule has 0 fully saturated rings. The van der Waals surface area contributed by atoms with Gasteiger partial charge < -0.3 is 14.2 Å². The van der Waals surface area contributed by atoms with E-state index in [0.29, 0.717) is 0 Å². The Morgan fingerprint density at radius 2 is 1.00 bits per heavy atom. The topological polar surface area (TPSA) is 17.4 Å². The molecule has 0 radical (unpaired) electrons. The van der Waals surface area contributed by atoms with Gasteiger partial charge in [0.2, 0.25) is 0 Å². The molecule has 11 aromatic rings. The van der Waals surface area contributed by atoms with Crippen molar-refractivity contribution in [3.05, 3.63) is 241 Å². The zero-order valence-corrected chi connectivity index (χ0v) is 32.6. The van der Waals surface area contributed by atoms with E-state index in [1.165, 1.54) is 65.6 Å². The fourth-order valence-electron chi connectivity index (χ4n) is 10.5. The quantitative estimate of drug-likeness (QED) is 0.178. The normalized spacial score (nSPS) is 13.3. The molecule has 1 aromatic heterocycles. The summed E-state index contributed by atoms with van der Waals surface area (Å²) in [5.41, 5.74) is 13.5. The maximum Gasteiger partial charge on any atom is 0.132 e. The lowest BCUT2D eigenvalue weighted by Crippen LogP contribution is -2.36. The highest BCUT2D eigenvalue weighted by Crippen LogP contribution is 2.61. The van der Waals surface area contributed by atoms with Crippen molar-refractivity contribution in [3.8, 4) is 28.3 Å². The lowest BCUT2D eigenvalue weighted by molar-refractivity contribution is 0.435. The van der Waals surface area contributed by atoms with Gasteiger partial charge >= 0.3 is 0 Å². The van der Waals surface area contributed by atoms with E-state index in [2.05, 4.69) is 228 Å². The standard InChI is InChI=1S/C57H36N2O/c1-2-18-40(19-3-1)58(42-31-33-53-47(35-42)45-20-6-9-25-52(45)59(53)41-29-28-37-14-4-5-15-39(37)34-41)43-30-32-44-46-21-12-16-38-17-13-24-50(56(38)46)57(51(44)36-43)48-22-7-10-26-54(48)60-55-27-11-8-23-49(55)57/h1-36H. The number of benzene rings is 10. The third-order valence-electron chi connectivity index (χ3n) is 13.0. The largest absolute Gasteiger partial charge is 0.457 e. The SMILES string of the molecule is c1ccc(N(c2ccc3c(c2)C2(c4ccccc4Oc4ccccc42)c2cccc4cccc-3c24)c2ccc3c(c2)c2ccccc2n3-c2ccc3ccccc3c2)cc1. The molecule has 60 heavy (non-hydrogen) atoms. The molecular formula is C57H36N2O. The smallest absolute Gasteiger partial charge is 0.132 e. The summed E-state index contributed by atoms with van der Waals surface area (Å²) in [5, 5.41) is 7.43.